The molecular formula is C29H41N5O4. The molecule has 9 nitrogen and oxygen atoms in total. The lowest BCUT2D eigenvalue weighted by Crippen LogP contribution is -2.51. The summed E-state index contributed by atoms with van der Waals surface area (Å²) in [4.78, 5) is 35.1. The lowest BCUT2D eigenvalue weighted by Gasteiger charge is -2.41. The molecule has 3 aliphatic heterocycles. The van der Waals surface area contributed by atoms with Crippen molar-refractivity contribution in [1.29, 1.82) is 0 Å². The predicted octanol–water partition coefficient (Wildman–Crippen LogP) is 3.48. The highest BCUT2D eigenvalue weighted by molar-refractivity contribution is 5.83. The molecule has 5 rings (SSSR count). The van der Waals surface area contributed by atoms with E-state index in [0.29, 0.717) is 38.0 Å². The Hall–Kier alpha value is -2.94. The molecule has 2 saturated heterocycles. The monoisotopic (exact) mass is 523 g/mol. The normalized spacial score (nSPS) is 23.3. The molecule has 1 aromatic carbocycles. The molecule has 0 aliphatic carbocycles. The third-order valence-electron chi connectivity index (χ3n) is 8.51. The Kier molecular flexibility index (Phi) is 8.61. The van der Waals surface area contributed by atoms with Crippen molar-refractivity contribution in [3.8, 4) is 5.75 Å². The molecule has 4 heterocycles. The summed E-state index contributed by atoms with van der Waals surface area (Å²) in [6.45, 7) is 6.39. The Morgan fingerprint density at radius 2 is 1.95 bits per heavy atom. The number of aromatic nitrogens is 2. The van der Waals surface area contributed by atoms with E-state index in [0.717, 1.165) is 83.2 Å². The van der Waals surface area contributed by atoms with Gasteiger partial charge in [0.2, 0.25) is 17.7 Å². The Labute approximate surface area is 225 Å². The van der Waals surface area contributed by atoms with Crippen LogP contribution < -0.4 is 10.1 Å². The van der Waals surface area contributed by atoms with Crippen LogP contribution in [-0.2, 0) is 16.0 Å². The maximum absolute atomic E-state index is 13.4. The van der Waals surface area contributed by atoms with Crippen LogP contribution >= 0.6 is 0 Å². The van der Waals surface area contributed by atoms with E-state index in [4.69, 9.17) is 9.26 Å². The smallest absolute Gasteiger partial charge is 0.236 e. The van der Waals surface area contributed by atoms with E-state index in [1.54, 1.807) is 0 Å². The van der Waals surface area contributed by atoms with Crippen molar-refractivity contribution in [3.05, 3.63) is 41.5 Å². The first-order chi connectivity index (χ1) is 18.5. The second-order valence-corrected chi connectivity index (χ2v) is 11.2. The van der Waals surface area contributed by atoms with Gasteiger partial charge in [-0.3, -0.25) is 14.5 Å². The number of hydrogen-bond acceptors (Lipinski definition) is 7. The van der Waals surface area contributed by atoms with Gasteiger partial charge in [-0.2, -0.15) is 4.98 Å². The maximum atomic E-state index is 13.4. The van der Waals surface area contributed by atoms with E-state index in [2.05, 4.69) is 32.5 Å². The van der Waals surface area contributed by atoms with Crippen molar-refractivity contribution in [1.82, 2.24) is 25.3 Å². The van der Waals surface area contributed by atoms with Crippen LogP contribution in [-0.4, -0.2) is 77.6 Å². The number of para-hydroxylation sites is 1. The zero-order valence-electron chi connectivity index (χ0n) is 22.6. The van der Waals surface area contributed by atoms with Gasteiger partial charge in [-0.15, -0.1) is 0 Å². The highest BCUT2D eigenvalue weighted by Gasteiger charge is 2.41. The van der Waals surface area contributed by atoms with Gasteiger partial charge in [0.15, 0.2) is 5.82 Å². The molecule has 1 atom stereocenters. The summed E-state index contributed by atoms with van der Waals surface area (Å²) in [7, 11) is 0. The number of nitrogens with zero attached hydrogens (tertiary/aromatic N) is 4. The number of nitrogens with one attached hydrogen (secondary N) is 1. The number of hydrogen-bond donors (Lipinski definition) is 1. The average molecular weight is 524 g/mol. The molecule has 2 fully saturated rings. The molecule has 9 heteroatoms. The second kappa shape index (κ2) is 12.3. The molecule has 1 spiro atoms. The van der Waals surface area contributed by atoms with E-state index in [9.17, 15) is 9.59 Å². The minimum Gasteiger partial charge on any atom is -0.493 e. The van der Waals surface area contributed by atoms with Crippen LogP contribution in [0.3, 0.4) is 0 Å². The maximum Gasteiger partial charge on any atom is 0.236 e. The van der Waals surface area contributed by atoms with Gasteiger partial charge >= 0.3 is 0 Å². The van der Waals surface area contributed by atoms with Crippen LogP contribution in [0.15, 0.2) is 28.8 Å². The number of aryl methyl sites for hydroxylation is 2. The van der Waals surface area contributed by atoms with Crippen molar-refractivity contribution in [2.24, 2.45) is 5.41 Å². The number of fused-ring (bicyclic) bond motifs is 1. The standard InChI is InChI=1S/C29H41N5O4/c1-22-31-27(38-32-22)24-10-6-16-34(20-24)26(35)21-33-17-13-29(14-18-33)12-5-4-9-23-8-2-3-11-25(23)37-19-7-15-30-28(29)36/h2-3,8,11,24H,4-7,9-10,12-21H2,1H3,(H,30,36). The Morgan fingerprint density at radius 3 is 2.76 bits per heavy atom. The van der Waals surface area contributed by atoms with Crippen molar-refractivity contribution in [2.75, 3.05) is 45.9 Å². The Bertz CT molecular complexity index is 1090. The van der Waals surface area contributed by atoms with Gasteiger partial charge in [0.05, 0.1) is 24.5 Å². The quantitative estimate of drug-likeness (QED) is 0.657. The summed E-state index contributed by atoms with van der Waals surface area (Å²) >= 11 is 0. The van der Waals surface area contributed by atoms with Crippen LogP contribution in [0.2, 0.25) is 0 Å². The molecule has 0 bridgehead atoms. The highest BCUT2D eigenvalue weighted by atomic mass is 16.5. The SMILES string of the molecule is Cc1noc(C2CCCN(C(=O)CN3CCC4(CCCCc5ccccc5OCCCNC4=O)CC3)C2)n1. The number of ether oxygens (including phenoxy) is 1. The first-order valence-corrected chi connectivity index (χ1v) is 14.3. The molecule has 2 amide bonds. The number of carbonyl (C=O) groups excluding carboxylic acids is 2. The van der Waals surface area contributed by atoms with Crippen LogP contribution in [0.1, 0.15) is 74.6 Å². The molecule has 3 aliphatic rings. The summed E-state index contributed by atoms with van der Waals surface area (Å²) in [5, 5.41) is 7.12. The Balaban J connectivity index is 1.15. The van der Waals surface area contributed by atoms with Gasteiger partial charge in [0.25, 0.3) is 0 Å². The summed E-state index contributed by atoms with van der Waals surface area (Å²) in [5.41, 5.74) is 0.905. The van der Waals surface area contributed by atoms with E-state index in [1.165, 1.54) is 5.56 Å². The van der Waals surface area contributed by atoms with E-state index in [-0.39, 0.29) is 23.1 Å². The topological polar surface area (TPSA) is 101 Å². The average Bonchev–Trinajstić information content (AvgIpc) is 3.38. The van der Waals surface area contributed by atoms with Gasteiger partial charge in [-0.05, 0) is 83.0 Å². The van der Waals surface area contributed by atoms with Crippen LogP contribution in [0.5, 0.6) is 5.75 Å². The van der Waals surface area contributed by atoms with Crippen LogP contribution in [0, 0.1) is 12.3 Å². The molecule has 38 heavy (non-hydrogen) atoms. The molecule has 0 radical (unpaired) electrons. The zero-order chi connectivity index (χ0) is 26.4. The third-order valence-corrected chi connectivity index (χ3v) is 8.51. The van der Waals surface area contributed by atoms with Crippen molar-refractivity contribution >= 4 is 11.8 Å². The van der Waals surface area contributed by atoms with Crippen molar-refractivity contribution in [3.63, 3.8) is 0 Å². The number of carbonyl (C=O) groups is 2. The summed E-state index contributed by atoms with van der Waals surface area (Å²) in [5.74, 6) is 2.68. The van der Waals surface area contributed by atoms with Gasteiger partial charge in [-0.1, -0.05) is 29.8 Å². The van der Waals surface area contributed by atoms with Crippen molar-refractivity contribution < 1.29 is 18.8 Å². The number of piperidine rings is 2. The summed E-state index contributed by atoms with van der Waals surface area (Å²) in [6.07, 6.45) is 8.18. The third kappa shape index (κ3) is 6.37. The van der Waals surface area contributed by atoms with Crippen LogP contribution in [0.4, 0.5) is 0 Å². The number of likely N-dealkylation sites (tertiary alicyclic amines) is 2. The van der Waals surface area contributed by atoms with E-state index >= 15 is 0 Å². The van der Waals surface area contributed by atoms with Gasteiger partial charge in [0, 0.05) is 19.6 Å². The fraction of sp³-hybridized carbons (Fsp3) is 0.655. The minimum absolute atomic E-state index is 0.111. The minimum atomic E-state index is -0.347. The predicted molar refractivity (Wildman–Crippen MR) is 143 cm³/mol. The molecule has 2 aromatic rings. The molecule has 206 valence electrons. The van der Waals surface area contributed by atoms with Crippen molar-refractivity contribution in [2.45, 2.75) is 70.6 Å². The second-order valence-electron chi connectivity index (χ2n) is 11.2. The lowest BCUT2D eigenvalue weighted by molar-refractivity contribution is -0.137. The fourth-order valence-electron chi connectivity index (χ4n) is 6.18. The number of amides is 2. The molecular weight excluding hydrogens is 482 g/mol. The molecule has 0 saturated carbocycles. The van der Waals surface area contributed by atoms with E-state index < -0.39 is 0 Å². The highest BCUT2D eigenvalue weighted by Crippen LogP contribution is 2.38. The Morgan fingerprint density at radius 1 is 1.11 bits per heavy atom. The molecule has 1 unspecified atom stereocenters. The number of rotatable bonds is 3. The first kappa shape index (κ1) is 26.7. The van der Waals surface area contributed by atoms with E-state index in [1.807, 2.05) is 24.0 Å². The van der Waals surface area contributed by atoms with Gasteiger partial charge in [-0.25, -0.2) is 0 Å². The fourth-order valence-corrected chi connectivity index (χ4v) is 6.18. The summed E-state index contributed by atoms with van der Waals surface area (Å²) in [6, 6.07) is 8.28. The number of benzene rings is 1. The lowest BCUT2D eigenvalue weighted by atomic mass is 9.73. The van der Waals surface area contributed by atoms with Gasteiger partial charge in [0.1, 0.15) is 5.75 Å². The van der Waals surface area contributed by atoms with Crippen LogP contribution in [0.25, 0.3) is 0 Å². The van der Waals surface area contributed by atoms with Gasteiger partial charge < -0.3 is 19.5 Å². The largest absolute Gasteiger partial charge is 0.493 e. The summed E-state index contributed by atoms with van der Waals surface area (Å²) < 4.78 is 11.4. The molecule has 1 N–H and O–H groups in total. The zero-order valence-corrected chi connectivity index (χ0v) is 22.6. The molecule has 1 aromatic heterocycles. The first-order valence-electron chi connectivity index (χ1n) is 14.3.